The van der Waals surface area contributed by atoms with Gasteiger partial charge in [-0.15, -0.1) is 11.3 Å². The zero-order valence-electron chi connectivity index (χ0n) is 7.72. The summed E-state index contributed by atoms with van der Waals surface area (Å²) in [5.74, 6) is -0.223. The molecule has 0 spiro atoms. The van der Waals surface area contributed by atoms with E-state index in [2.05, 4.69) is 21.2 Å². The number of fused-ring (bicyclic) bond motifs is 1. The molecule has 1 N–H and O–H groups in total. The summed E-state index contributed by atoms with van der Waals surface area (Å²) in [4.78, 5) is 13.4. The lowest BCUT2D eigenvalue weighted by atomic mass is 10.3. The second-order valence-corrected chi connectivity index (χ2v) is 4.87. The van der Waals surface area contributed by atoms with Crippen LogP contribution in [0, 0.1) is 0 Å². The van der Waals surface area contributed by atoms with Crippen molar-refractivity contribution in [1.29, 1.82) is 0 Å². The van der Waals surface area contributed by atoms with Crippen LogP contribution in [0.15, 0.2) is 4.47 Å². The first-order chi connectivity index (χ1) is 6.74. The third-order valence-electron chi connectivity index (χ3n) is 2.07. The Kier molecular flexibility index (Phi) is 2.90. The van der Waals surface area contributed by atoms with Crippen LogP contribution in [0.4, 0.5) is 0 Å². The Hall–Kier alpha value is -0.390. The van der Waals surface area contributed by atoms with Gasteiger partial charge in [-0.25, -0.2) is 4.79 Å². The molecule has 1 aromatic heterocycles. The van der Waals surface area contributed by atoms with Gasteiger partial charge in [0.15, 0.2) is 0 Å². The van der Waals surface area contributed by atoms with Gasteiger partial charge < -0.3 is 10.1 Å². The van der Waals surface area contributed by atoms with Crippen LogP contribution >= 0.6 is 27.3 Å². The minimum atomic E-state index is -0.223. The lowest BCUT2D eigenvalue weighted by Crippen LogP contribution is -2.05. The number of esters is 1. The van der Waals surface area contributed by atoms with Gasteiger partial charge in [0, 0.05) is 22.4 Å². The SMILES string of the molecule is CCOC(=O)c1sc2c(c1Br)CNC2. The second kappa shape index (κ2) is 4.00. The van der Waals surface area contributed by atoms with E-state index in [1.807, 2.05) is 6.92 Å². The fraction of sp³-hybridized carbons (Fsp3) is 0.444. The molecule has 2 rings (SSSR count). The molecule has 0 unspecified atom stereocenters. The number of nitrogens with one attached hydrogen (secondary N) is 1. The molecule has 0 amide bonds. The van der Waals surface area contributed by atoms with Crippen molar-refractivity contribution in [2.24, 2.45) is 0 Å². The predicted octanol–water partition coefficient (Wildman–Crippen LogP) is 2.29. The van der Waals surface area contributed by atoms with Crippen molar-refractivity contribution in [3.05, 3.63) is 19.8 Å². The van der Waals surface area contributed by atoms with E-state index in [0.717, 1.165) is 17.6 Å². The molecule has 0 aliphatic carbocycles. The Morgan fingerprint density at radius 2 is 2.43 bits per heavy atom. The number of carbonyl (C=O) groups excluding carboxylic acids is 1. The molecule has 2 heterocycles. The molecule has 76 valence electrons. The van der Waals surface area contributed by atoms with E-state index in [0.29, 0.717) is 11.5 Å². The summed E-state index contributed by atoms with van der Waals surface area (Å²) in [6.45, 7) is 3.94. The summed E-state index contributed by atoms with van der Waals surface area (Å²) in [6, 6.07) is 0. The van der Waals surface area contributed by atoms with E-state index < -0.39 is 0 Å². The first kappa shape index (κ1) is 10.1. The van der Waals surface area contributed by atoms with Gasteiger partial charge in [0.05, 0.1) is 6.61 Å². The van der Waals surface area contributed by atoms with Crippen LogP contribution in [-0.2, 0) is 17.8 Å². The molecule has 0 saturated carbocycles. The van der Waals surface area contributed by atoms with Gasteiger partial charge in [0.2, 0.25) is 0 Å². The number of carbonyl (C=O) groups is 1. The Labute approximate surface area is 94.6 Å². The standard InChI is InChI=1S/C9H10BrNO2S/c1-2-13-9(12)8-7(10)5-3-11-4-6(5)14-8/h11H,2-4H2,1H3. The number of ether oxygens (including phenoxy) is 1. The minimum Gasteiger partial charge on any atom is -0.462 e. The monoisotopic (exact) mass is 275 g/mol. The highest BCUT2D eigenvalue weighted by Gasteiger charge is 2.24. The summed E-state index contributed by atoms with van der Waals surface area (Å²) in [5.41, 5.74) is 1.21. The third kappa shape index (κ3) is 1.60. The molecule has 5 heteroatoms. The molecule has 14 heavy (non-hydrogen) atoms. The van der Waals surface area contributed by atoms with Crippen molar-refractivity contribution in [2.75, 3.05) is 6.61 Å². The lowest BCUT2D eigenvalue weighted by molar-refractivity contribution is 0.0531. The highest BCUT2D eigenvalue weighted by atomic mass is 79.9. The Morgan fingerprint density at radius 3 is 3.07 bits per heavy atom. The Balaban J connectivity index is 2.32. The van der Waals surface area contributed by atoms with E-state index >= 15 is 0 Å². The fourth-order valence-electron chi connectivity index (χ4n) is 1.44. The third-order valence-corrected chi connectivity index (χ3v) is 4.42. The smallest absolute Gasteiger partial charge is 0.349 e. The molecule has 0 saturated heterocycles. The fourth-order valence-corrected chi connectivity index (χ4v) is 3.43. The average molecular weight is 276 g/mol. The van der Waals surface area contributed by atoms with Crippen molar-refractivity contribution >= 4 is 33.2 Å². The highest BCUT2D eigenvalue weighted by Crippen LogP contribution is 2.36. The zero-order chi connectivity index (χ0) is 10.1. The highest BCUT2D eigenvalue weighted by molar-refractivity contribution is 9.10. The van der Waals surface area contributed by atoms with E-state index in [-0.39, 0.29) is 5.97 Å². The van der Waals surface area contributed by atoms with Gasteiger partial charge >= 0.3 is 5.97 Å². The second-order valence-electron chi connectivity index (χ2n) is 2.97. The topological polar surface area (TPSA) is 38.3 Å². The maximum absolute atomic E-state index is 11.5. The summed E-state index contributed by atoms with van der Waals surface area (Å²) in [5, 5.41) is 3.23. The van der Waals surface area contributed by atoms with Crippen LogP contribution in [0.3, 0.4) is 0 Å². The number of rotatable bonds is 2. The largest absolute Gasteiger partial charge is 0.462 e. The summed E-state index contributed by atoms with van der Waals surface area (Å²) < 4.78 is 5.87. The Morgan fingerprint density at radius 1 is 1.64 bits per heavy atom. The van der Waals surface area contributed by atoms with Gasteiger partial charge in [-0.3, -0.25) is 0 Å². The molecule has 0 aromatic carbocycles. The molecule has 1 aromatic rings. The van der Waals surface area contributed by atoms with Gasteiger partial charge in [0.1, 0.15) is 4.88 Å². The normalized spacial score (nSPS) is 14.1. The molecule has 1 aliphatic heterocycles. The van der Waals surface area contributed by atoms with E-state index in [1.165, 1.54) is 21.8 Å². The van der Waals surface area contributed by atoms with E-state index in [1.54, 1.807) is 0 Å². The molecule has 1 aliphatic rings. The van der Waals surface area contributed by atoms with Gasteiger partial charge in [-0.1, -0.05) is 0 Å². The summed E-state index contributed by atoms with van der Waals surface area (Å²) in [7, 11) is 0. The van der Waals surface area contributed by atoms with Crippen molar-refractivity contribution in [3.63, 3.8) is 0 Å². The molecule has 0 fully saturated rings. The van der Waals surface area contributed by atoms with Crippen LogP contribution in [0.25, 0.3) is 0 Å². The summed E-state index contributed by atoms with van der Waals surface area (Å²) >= 11 is 4.96. The van der Waals surface area contributed by atoms with Gasteiger partial charge in [0.25, 0.3) is 0 Å². The van der Waals surface area contributed by atoms with Crippen molar-refractivity contribution in [3.8, 4) is 0 Å². The summed E-state index contributed by atoms with van der Waals surface area (Å²) in [6.07, 6.45) is 0. The number of hydrogen-bond donors (Lipinski definition) is 1. The molecule has 3 nitrogen and oxygen atoms in total. The van der Waals surface area contributed by atoms with Crippen LogP contribution in [-0.4, -0.2) is 12.6 Å². The average Bonchev–Trinajstić information content (AvgIpc) is 2.69. The molecular formula is C9H10BrNO2S. The molecular weight excluding hydrogens is 266 g/mol. The van der Waals surface area contributed by atoms with Crippen molar-refractivity contribution in [1.82, 2.24) is 5.32 Å². The minimum absolute atomic E-state index is 0.223. The van der Waals surface area contributed by atoms with E-state index in [4.69, 9.17) is 4.74 Å². The number of hydrogen-bond acceptors (Lipinski definition) is 4. The molecule has 0 radical (unpaired) electrons. The molecule has 0 atom stereocenters. The van der Waals surface area contributed by atoms with Gasteiger partial charge in [-0.2, -0.15) is 0 Å². The van der Waals surface area contributed by atoms with Crippen LogP contribution in [0.5, 0.6) is 0 Å². The van der Waals surface area contributed by atoms with Crippen molar-refractivity contribution in [2.45, 2.75) is 20.0 Å². The first-order valence-corrected chi connectivity index (χ1v) is 6.02. The maximum Gasteiger partial charge on any atom is 0.349 e. The number of halogens is 1. The van der Waals surface area contributed by atoms with E-state index in [9.17, 15) is 4.79 Å². The van der Waals surface area contributed by atoms with Crippen LogP contribution in [0.1, 0.15) is 27.0 Å². The lowest BCUT2D eigenvalue weighted by Gasteiger charge is -2.00. The van der Waals surface area contributed by atoms with Gasteiger partial charge in [-0.05, 0) is 28.4 Å². The first-order valence-electron chi connectivity index (χ1n) is 4.42. The van der Waals surface area contributed by atoms with Crippen molar-refractivity contribution < 1.29 is 9.53 Å². The maximum atomic E-state index is 11.5. The van der Waals surface area contributed by atoms with Crippen LogP contribution < -0.4 is 5.32 Å². The van der Waals surface area contributed by atoms with Crippen LogP contribution in [0.2, 0.25) is 0 Å². The molecule has 0 bridgehead atoms. The Bertz CT molecular complexity index is 375. The quantitative estimate of drug-likeness (QED) is 0.842. The predicted molar refractivity (Wildman–Crippen MR) is 58.5 cm³/mol. The number of thiophene rings is 1. The zero-order valence-corrected chi connectivity index (χ0v) is 10.1.